The molecule has 3 rings (SSSR count). The highest BCUT2D eigenvalue weighted by molar-refractivity contribution is 5.95. The SMILES string of the molecule is O=C(c1cccc(-c2ccc(O)cc2F)c1)N1CCCC1. The van der Waals surface area contributed by atoms with Crippen molar-refractivity contribution in [1.29, 1.82) is 0 Å². The quantitative estimate of drug-likeness (QED) is 0.918. The van der Waals surface area contributed by atoms with Gasteiger partial charge in [0.25, 0.3) is 5.91 Å². The molecule has 1 aliphatic heterocycles. The van der Waals surface area contributed by atoms with E-state index < -0.39 is 5.82 Å². The first-order valence-electron chi connectivity index (χ1n) is 7.03. The number of phenols is 1. The highest BCUT2D eigenvalue weighted by Crippen LogP contribution is 2.27. The Morgan fingerprint density at radius 2 is 1.86 bits per heavy atom. The van der Waals surface area contributed by atoms with Crippen molar-refractivity contribution < 1.29 is 14.3 Å². The highest BCUT2D eigenvalue weighted by Gasteiger charge is 2.19. The molecule has 2 aromatic rings. The minimum Gasteiger partial charge on any atom is -0.508 e. The van der Waals surface area contributed by atoms with Gasteiger partial charge in [-0.05, 0) is 42.7 Å². The molecule has 0 aliphatic carbocycles. The first kappa shape index (κ1) is 13.6. The molecule has 0 bridgehead atoms. The topological polar surface area (TPSA) is 40.5 Å². The van der Waals surface area contributed by atoms with Crippen LogP contribution in [0.25, 0.3) is 11.1 Å². The number of carbonyl (C=O) groups excluding carboxylic acids is 1. The van der Waals surface area contributed by atoms with E-state index in [0.717, 1.165) is 32.0 Å². The zero-order valence-electron chi connectivity index (χ0n) is 11.6. The van der Waals surface area contributed by atoms with Crippen molar-refractivity contribution in [3.05, 3.63) is 53.8 Å². The largest absolute Gasteiger partial charge is 0.508 e. The van der Waals surface area contributed by atoms with E-state index in [1.807, 2.05) is 4.90 Å². The van der Waals surface area contributed by atoms with Crippen LogP contribution in [-0.4, -0.2) is 29.0 Å². The second-order valence-corrected chi connectivity index (χ2v) is 5.24. The van der Waals surface area contributed by atoms with E-state index in [0.29, 0.717) is 16.7 Å². The van der Waals surface area contributed by atoms with Crippen LogP contribution in [0.4, 0.5) is 4.39 Å². The first-order valence-corrected chi connectivity index (χ1v) is 7.03. The Morgan fingerprint density at radius 1 is 1.10 bits per heavy atom. The van der Waals surface area contributed by atoms with Gasteiger partial charge in [-0.25, -0.2) is 4.39 Å². The number of phenolic OH excluding ortho intramolecular Hbond substituents is 1. The second-order valence-electron chi connectivity index (χ2n) is 5.24. The summed E-state index contributed by atoms with van der Waals surface area (Å²) in [6.45, 7) is 1.58. The molecular formula is C17H16FNO2. The van der Waals surface area contributed by atoms with Crippen molar-refractivity contribution >= 4 is 5.91 Å². The summed E-state index contributed by atoms with van der Waals surface area (Å²) in [7, 11) is 0. The lowest BCUT2D eigenvalue weighted by Crippen LogP contribution is -2.27. The van der Waals surface area contributed by atoms with Gasteiger partial charge < -0.3 is 10.0 Å². The summed E-state index contributed by atoms with van der Waals surface area (Å²) in [6.07, 6.45) is 2.08. The number of rotatable bonds is 2. The molecule has 0 aromatic heterocycles. The fraction of sp³-hybridized carbons (Fsp3) is 0.235. The Hall–Kier alpha value is -2.36. The monoisotopic (exact) mass is 285 g/mol. The van der Waals surface area contributed by atoms with Crippen LogP contribution in [0, 0.1) is 5.82 Å². The van der Waals surface area contributed by atoms with Crippen LogP contribution in [0.1, 0.15) is 23.2 Å². The third-order valence-electron chi connectivity index (χ3n) is 3.77. The zero-order chi connectivity index (χ0) is 14.8. The fourth-order valence-corrected chi connectivity index (χ4v) is 2.66. The van der Waals surface area contributed by atoms with Crippen LogP contribution in [0.2, 0.25) is 0 Å². The molecule has 2 aromatic carbocycles. The number of hydrogen-bond donors (Lipinski definition) is 1. The Balaban J connectivity index is 1.94. The molecule has 0 unspecified atom stereocenters. The number of aromatic hydroxyl groups is 1. The normalized spacial score (nSPS) is 14.4. The van der Waals surface area contributed by atoms with Gasteiger partial charge in [-0.3, -0.25) is 4.79 Å². The average Bonchev–Trinajstić information content (AvgIpc) is 3.01. The Morgan fingerprint density at radius 3 is 2.57 bits per heavy atom. The van der Waals surface area contributed by atoms with Crippen LogP contribution in [0.15, 0.2) is 42.5 Å². The summed E-state index contributed by atoms with van der Waals surface area (Å²) in [5.41, 5.74) is 1.59. The molecule has 0 spiro atoms. The number of carbonyl (C=O) groups is 1. The van der Waals surface area contributed by atoms with Crippen molar-refractivity contribution in [2.24, 2.45) is 0 Å². The Labute approximate surface area is 122 Å². The molecule has 108 valence electrons. The standard InChI is InChI=1S/C17H16FNO2/c18-16-11-14(20)6-7-15(16)12-4-3-5-13(10-12)17(21)19-8-1-2-9-19/h3-7,10-11,20H,1-2,8-9H2. The van der Waals surface area contributed by atoms with Crippen LogP contribution < -0.4 is 0 Å². The van der Waals surface area contributed by atoms with Gasteiger partial charge in [-0.2, -0.15) is 0 Å². The number of benzene rings is 2. The third-order valence-corrected chi connectivity index (χ3v) is 3.77. The molecule has 4 heteroatoms. The molecule has 1 fully saturated rings. The number of nitrogens with zero attached hydrogens (tertiary/aromatic N) is 1. The van der Waals surface area contributed by atoms with Crippen LogP contribution >= 0.6 is 0 Å². The molecule has 1 heterocycles. The molecular weight excluding hydrogens is 269 g/mol. The van der Waals surface area contributed by atoms with E-state index in [-0.39, 0.29) is 11.7 Å². The lowest BCUT2D eigenvalue weighted by Gasteiger charge is -2.15. The predicted molar refractivity (Wildman–Crippen MR) is 78.6 cm³/mol. The molecule has 3 nitrogen and oxygen atoms in total. The van der Waals surface area contributed by atoms with Gasteiger partial charge in [-0.1, -0.05) is 12.1 Å². The maximum Gasteiger partial charge on any atom is 0.253 e. The minimum atomic E-state index is -0.499. The molecule has 21 heavy (non-hydrogen) atoms. The fourth-order valence-electron chi connectivity index (χ4n) is 2.66. The van der Waals surface area contributed by atoms with E-state index in [9.17, 15) is 14.3 Å². The average molecular weight is 285 g/mol. The van der Waals surface area contributed by atoms with Crippen molar-refractivity contribution in [3.8, 4) is 16.9 Å². The maximum atomic E-state index is 13.9. The Kier molecular flexibility index (Phi) is 3.60. The molecule has 1 saturated heterocycles. The maximum absolute atomic E-state index is 13.9. The van der Waals surface area contributed by atoms with E-state index in [4.69, 9.17) is 0 Å². The number of halogens is 1. The van der Waals surface area contributed by atoms with Crippen molar-refractivity contribution in [1.82, 2.24) is 4.90 Å². The van der Waals surface area contributed by atoms with Crippen molar-refractivity contribution in [2.45, 2.75) is 12.8 Å². The lowest BCUT2D eigenvalue weighted by molar-refractivity contribution is 0.0793. The van der Waals surface area contributed by atoms with Gasteiger partial charge in [-0.15, -0.1) is 0 Å². The third kappa shape index (κ3) is 2.75. The molecule has 1 amide bonds. The Bertz CT molecular complexity index is 678. The van der Waals surface area contributed by atoms with Gasteiger partial charge in [0.1, 0.15) is 11.6 Å². The van der Waals surface area contributed by atoms with Gasteiger partial charge in [0.05, 0.1) is 0 Å². The molecule has 0 atom stereocenters. The van der Waals surface area contributed by atoms with E-state index in [1.165, 1.54) is 12.1 Å². The summed E-state index contributed by atoms with van der Waals surface area (Å²) in [5.74, 6) is -0.616. The van der Waals surface area contributed by atoms with Gasteiger partial charge in [0, 0.05) is 30.3 Å². The smallest absolute Gasteiger partial charge is 0.253 e. The summed E-state index contributed by atoms with van der Waals surface area (Å²) in [6, 6.07) is 11.0. The van der Waals surface area contributed by atoms with Gasteiger partial charge in [0.2, 0.25) is 0 Å². The number of amides is 1. The summed E-state index contributed by atoms with van der Waals surface area (Å²) in [4.78, 5) is 14.2. The minimum absolute atomic E-state index is 0.00598. The van der Waals surface area contributed by atoms with Crippen LogP contribution in [-0.2, 0) is 0 Å². The predicted octanol–water partition coefficient (Wildman–Crippen LogP) is 3.43. The van der Waals surface area contributed by atoms with E-state index >= 15 is 0 Å². The number of hydrogen-bond acceptors (Lipinski definition) is 2. The second kappa shape index (κ2) is 5.56. The molecule has 1 N–H and O–H groups in total. The number of likely N-dealkylation sites (tertiary alicyclic amines) is 1. The van der Waals surface area contributed by atoms with Crippen LogP contribution in [0.5, 0.6) is 5.75 Å². The van der Waals surface area contributed by atoms with Gasteiger partial charge in [0.15, 0.2) is 0 Å². The first-order chi connectivity index (χ1) is 10.1. The summed E-state index contributed by atoms with van der Waals surface area (Å²) in [5, 5.41) is 9.27. The van der Waals surface area contributed by atoms with Crippen molar-refractivity contribution in [3.63, 3.8) is 0 Å². The van der Waals surface area contributed by atoms with Crippen LogP contribution in [0.3, 0.4) is 0 Å². The summed E-state index contributed by atoms with van der Waals surface area (Å²) >= 11 is 0. The molecule has 0 saturated carbocycles. The van der Waals surface area contributed by atoms with E-state index in [2.05, 4.69) is 0 Å². The lowest BCUT2D eigenvalue weighted by atomic mass is 10.0. The van der Waals surface area contributed by atoms with E-state index in [1.54, 1.807) is 24.3 Å². The zero-order valence-corrected chi connectivity index (χ0v) is 11.6. The van der Waals surface area contributed by atoms with Crippen molar-refractivity contribution in [2.75, 3.05) is 13.1 Å². The van der Waals surface area contributed by atoms with Gasteiger partial charge >= 0.3 is 0 Å². The highest BCUT2D eigenvalue weighted by atomic mass is 19.1. The summed E-state index contributed by atoms with van der Waals surface area (Å²) < 4.78 is 13.9. The molecule has 0 radical (unpaired) electrons. The molecule has 1 aliphatic rings.